The van der Waals surface area contributed by atoms with Gasteiger partial charge in [-0.3, -0.25) is 14.4 Å². The van der Waals surface area contributed by atoms with E-state index in [9.17, 15) is 14.4 Å². The van der Waals surface area contributed by atoms with Crippen LogP contribution in [0.5, 0.6) is 0 Å². The zero-order valence-electron chi connectivity index (χ0n) is 13.4. The van der Waals surface area contributed by atoms with Crippen LogP contribution in [0.15, 0.2) is 17.5 Å². The molecule has 1 aromatic heterocycles. The molecule has 0 aromatic carbocycles. The highest BCUT2D eigenvalue weighted by molar-refractivity contribution is 7.12. The molecule has 122 valence electrons. The van der Waals surface area contributed by atoms with Gasteiger partial charge in [0.2, 0.25) is 11.8 Å². The molecular weight excluding hydrogens is 302 g/mol. The van der Waals surface area contributed by atoms with Crippen molar-refractivity contribution in [2.24, 2.45) is 0 Å². The molecular formula is C15H23N3O3S. The van der Waals surface area contributed by atoms with Crippen molar-refractivity contribution in [2.45, 2.75) is 39.8 Å². The quantitative estimate of drug-likeness (QED) is 0.792. The number of thiophene rings is 1. The predicted octanol–water partition coefficient (Wildman–Crippen LogP) is 1.24. The van der Waals surface area contributed by atoms with Gasteiger partial charge in [0.1, 0.15) is 6.04 Å². The fraction of sp³-hybridized carbons (Fsp3) is 0.533. The topological polar surface area (TPSA) is 78.5 Å². The van der Waals surface area contributed by atoms with Crippen LogP contribution in [-0.2, 0) is 9.59 Å². The molecule has 0 aliphatic heterocycles. The molecule has 0 aliphatic rings. The Kier molecular flexibility index (Phi) is 7.04. The largest absolute Gasteiger partial charge is 0.352 e. The van der Waals surface area contributed by atoms with E-state index < -0.39 is 6.04 Å². The highest BCUT2D eigenvalue weighted by atomic mass is 32.1. The molecule has 0 aliphatic carbocycles. The SMILES string of the molecule is CCN(CC(=O)NC(C)C)C(=O)C(C)NC(=O)c1cccs1. The highest BCUT2D eigenvalue weighted by Gasteiger charge is 2.23. The summed E-state index contributed by atoms with van der Waals surface area (Å²) in [6, 6.07) is 2.82. The minimum absolute atomic E-state index is 0.00722. The number of rotatable bonds is 7. The highest BCUT2D eigenvalue weighted by Crippen LogP contribution is 2.08. The maximum Gasteiger partial charge on any atom is 0.261 e. The van der Waals surface area contributed by atoms with Crippen molar-refractivity contribution in [3.05, 3.63) is 22.4 Å². The van der Waals surface area contributed by atoms with Gasteiger partial charge in [0, 0.05) is 12.6 Å². The van der Waals surface area contributed by atoms with Gasteiger partial charge >= 0.3 is 0 Å². The van der Waals surface area contributed by atoms with Crippen molar-refractivity contribution < 1.29 is 14.4 Å². The van der Waals surface area contributed by atoms with Crippen molar-refractivity contribution in [1.82, 2.24) is 15.5 Å². The molecule has 6 nitrogen and oxygen atoms in total. The molecule has 7 heteroatoms. The van der Waals surface area contributed by atoms with E-state index in [0.29, 0.717) is 11.4 Å². The summed E-state index contributed by atoms with van der Waals surface area (Å²) in [5.74, 6) is -0.758. The number of hydrogen-bond donors (Lipinski definition) is 2. The van der Waals surface area contributed by atoms with Gasteiger partial charge in [0.05, 0.1) is 11.4 Å². The summed E-state index contributed by atoms with van der Waals surface area (Å²) in [6.07, 6.45) is 0. The van der Waals surface area contributed by atoms with Gasteiger partial charge in [-0.2, -0.15) is 0 Å². The monoisotopic (exact) mass is 325 g/mol. The zero-order chi connectivity index (χ0) is 16.7. The van der Waals surface area contributed by atoms with Crippen molar-refractivity contribution in [1.29, 1.82) is 0 Å². The summed E-state index contributed by atoms with van der Waals surface area (Å²) in [5, 5.41) is 7.21. The van der Waals surface area contributed by atoms with Gasteiger partial charge in [0.15, 0.2) is 0 Å². The minimum Gasteiger partial charge on any atom is -0.352 e. The first-order valence-corrected chi connectivity index (χ1v) is 8.15. The maximum atomic E-state index is 12.3. The summed E-state index contributed by atoms with van der Waals surface area (Å²) < 4.78 is 0. The molecule has 0 bridgehead atoms. The van der Waals surface area contributed by atoms with Crippen molar-refractivity contribution in [2.75, 3.05) is 13.1 Å². The second-order valence-electron chi connectivity index (χ2n) is 5.25. The second-order valence-corrected chi connectivity index (χ2v) is 6.19. The second kappa shape index (κ2) is 8.53. The Morgan fingerprint density at radius 1 is 1.23 bits per heavy atom. The summed E-state index contributed by atoms with van der Waals surface area (Å²) in [7, 11) is 0. The first-order chi connectivity index (χ1) is 10.3. The van der Waals surface area contributed by atoms with E-state index >= 15 is 0 Å². The Hall–Kier alpha value is -1.89. The molecule has 1 rings (SSSR count). The summed E-state index contributed by atoms with van der Waals surface area (Å²) in [4.78, 5) is 38.0. The van der Waals surface area contributed by atoms with E-state index in [1.807, 2.05) is 13.8 Å². The molecule has 0 fully saturated rings. The van der Waals surface area contributed by atoms with E-state index in [4.69, 9.17) is 0 Å². The number of carbonyl (C=O) groups excluding carboxylic acids is 3. The molecule has 0 saturated heterocycles. The van der Waals surface area contributed by atoms with Crippen LogP contribution in [0.1, 0.15) is 37.4 Å². The van der Waals surface area contributed by atoms with E-state index in [-0.39, 0.29) is 30.3 Å². The predicted molar refractivity (Wildman–Crippen MR) is 86.8 cm³/mol. The normalized spacial score (nSPS) is 11.9. The molecule has 1 aromatic rings. The van der Waals surface area contributed by atoms with Crippen LogP contribution in [0.2, 0.25) is 0 Å². The van der Waals surface area contributed by atoms with Gasteiger partial charge < -0.3 is 15.5 Å². The number of nitrogens with zero attached hydrogens (tertiary/aromatic N) is 1. The Morgan fingerprint density at radius 2 is 1.91 bits per heavy atom. The fourth-order valence-electron chi connectivity index (χ4n) is 1.90. The van der Waals surface area contributed by atoms with Crippen LogP contribution in [0.25, 0.3) is 0 Å². The molecule has 1 atom stereocenters. The van der Waals surface area contributed by atoms with Crippen LogP contribution >= 0.6 is 11.3 Å². The van der Waals surface area contributed by atoms with Crippen LogP contribution in [-0.4, -0.2) is 47.8 Å². The minimum atomic E-state index is -0.679. The lowest BCUT2D eigenvalue weighted by atomic mass is 10.2. The number of amides is 3. The summed E-state index contributed by atoms with van der Waals surface area (Å²) in [5.41, 5.74) is 0. The average molecular weight is 325 g/mol. The molecule has 2 N–H and O–H groups in total. The Morgan fingerprint density at radius 3 is 2.41 bits per heavy atom. The first-order valence-electron chi connectivity index (χ1n) is 7.27. The fourth-order valence-corrected chi connectivity index (χ4v) is 2.52. The van der Waals surface area contributed by atoms with Crippen LogP contribution in [0.4, 0.5) is 0 Å². The number of nitrogens with one attached hydrogen (secondary N) is 2. The van der Waals surface area contributed by atoms with Gasteiger partial charge in [-0.05, 0) is 39.1 Å². The van der Waals surface area contributed by atoms with Gasteiger partial charge in [0.25, 0.3) is 5.91 Å². The van der Waals surface area contributed by atoms with Gasteiger partial charge in [-0.15, -0.1) is 11.3 Å². The van der Waals surface area contributed by atoms with E-state index in [0.717, 1.165) is 0 Å². The van der Waals surface area contributed by atoms with Crippen molar-refractivity contribution >= 4 is 29.1 Å². The average Bonchev–Trinajstić information content (AvgIpc) is 2.97. The van der Waals surface area contributed by atoms with Crippen LogP contribution in [0.3, 0.4) is 0 Å². The summed E-state index contributed by atoms with van der Waals surface area (Å²) >= 11 is 1.32. The molecule has 1 unspecified atom stereocenters. The number of hydrogen-bond acceptors (Lipinski definition) is 4. The van der Waals surface area contributed by atoms with Gasteiger partial charge in [-0.1, -0.05) is 6.07 Å². The zero-order valence-corrected chi connectivity index (χ0v) is 14.2. The Balaban J connectivity index is 2.59. The standard InChI is InChI=1S/C15H23N3O3S/c1-5-18(9-13(19)16-10(2)3)15(21)11(4)17-14(20)12-7-6-8-22-12/h6-8,10-11H,5,9H2,1-4H3,(H,16,19)(H,17,20). The smallest absolute Gasteiger partial charge is 0.261 e. The first kappa shape index (κ1) is 18.2. The number of carbonyl (C=O) groups is 3. The third-order valence-corrected chi connectivity index (χ3v) is 3.81. The van der Waals surface area contributed by atoms with Crippen LogP contribution in [0, 0.1) is 0 Å². The van der Waals surface area contributed by atoms with Crippen molar-refractivity contribution in [3.63, 3.8) is 0 Å². The lowest BCUT2D eigenvalue weighted by Gasteiger charge is -2.24. The molecule has 0 spiro atoms. The van der Waals surface area contributed by atoms with Crippen molar-refractivity contribution in [3.8, 4) is 0 Å². The van der Waals surface area contributed by atoms with E-state index in [1.54, 1.807) is 31.4 Å². The third kappa shape index (κ3) is 5.48. The van der Waals surface area contributed by atoms with E-state index in [2.05, 4.69) is 10.6 Å². The molecule has 0 saturated carbocycles. The maximum absolute atomic E-state index is 12.3. The van der Waals surface area contributed by atoms with Gasteiger partial charge in [-0.25, -0.2) is 0 Å². The van der Waals surface area contributed by atoms with Crippen LogP contribution < -0.4 is 10.6 Å². The molecule has 1 heterocycles. The Bertz CT molecular complexity index is 514. The third-order valence-electron chi connectivity index (χ3n) is 2.94. The Labute approximate surface area is 134 Å². The molecule has 3 amide bonds. The lowest BCUT2D eigenvalue weighted by molar-refractivity contribution is -0.137. The lowest BCUT2D eigenvalue weighted by Crippen LogP contribution is -2.50. The van der Waals surface area contributed by atoms with E-state index in [1.165, 1.54) is 16.2 Å². The molecule has 0 radical (unpaired) electrons. The molecule has 22 heavy (non-hydrogen) atoms. The summed E-state index contributed by atoms with van der Waals surface area (Å²) in [6.45, 7) is 7.54. The number of likely N-dealkylation sites (N-methyl/N-ethyl adjacent to an activating group) is 1.